The summed E-state index contributed by atoms with van der Waals surface area (Å²) in [7, 11) is 1.44. The average molecular weight is 495 g/mol. The second kappa shape index (κ2) is 11.1. The number of carbonyl (C=O) groups is 1. The summed E-state index contributed by atoms with van der Waals surface area (Å²) in [6.45, 7) is 0. The van der Waals surface area contributed by atoms with E-state index in [1.165, 1.54) is 7.11 Å². The Balaban J connectivity index is 1.68. The number of hydrogen-bond acceptors (Lipinski definition) is 5. The summed E-state index contributed by atoms with van der Waals surface area (Å²) in [4.78, 5) is 12.3. The van der Waals surface area contributed by atoms with Gasteiger partial charge in [0, 0.05) is 5.75 Å². The lowest BCUT2D eigenvalue weighted by molar-refractivity contribution is -0.142. The number of nitrogens with one attached hydrogen (secondary N) is 2. The predicted octanol–water partition coefficient (Wildman–Crippen LogP) is 5.51. The second-order valence-corrected chi connectivity index (χ2v) is 10.1. The van der Waals surface area contributed by atoms with Crippen molar-refractivity contribution < 1.29 is 9.53 Å². The molecule has 5 heteroatoms. The van der Waals surface area contributed by atoms with Crippen LogP contribution in [0.1, 0.15) is 28.3 Å². The first kappa shape index (κ1) is 24.3. The zero-order chi connectivity index (χ0) is 24.8. The van der Waals surface area contributed by atoms with E-state index in [0.29, 0.717) is 5.75 Å². The molecule has 0 saturated carbocycles. The van der Waals surface area contributed by atoms with Gasteiger partial charge in [-0.3, -0.25) is 15.4 Å². The van der Waals surface area contributed by atoms with Crippen LogP contribution in [0.4, 0.5) is 0 Å². The highest BCUT2D eigenvalue weighted by Gasteiger charge is 2.43. The number of benzene rings is 4. The summed E-state index contributed by atoms with van der Waals surface area (Å²) < 4.78 is 5.04. The van der Waals surface area contributed by atoms with E-state index in [2.05, 4.69) is 108 Å². The number of ether oxygens (including phenoxy) is 1. The van der Waals surface area contributed by atoms with E-state index in [1.54, 1.807) is 11.8 Å². The Morgan fingerprint density at radius 3 is 1.69 bits per heavy atom. The van der Waals surface area contributed by atoms with E-state index < -0.39 is 5.54 Å². The molecule has 5 rings (SSSR count). The maximum absolute atomic E-state index is 12.3. The zero-order valence-electron chi connectivity index (χ0n) is 20.2. The number of esters is 1. The molecule has 182 valence electrons. The molecule has 3 atom stereocenters. The molecular weight excluding hydrogens is 464 g/mol. The minimum atomic E-state index is -0.629. The van der Waals surface area contributed by atoms with Crippen LogP contribution in [0.25, 0.3) is 0 Å². The summed E-state index contributed by atoms with van der Waals surface area (Å²) in [6, 6.07) is 41.8. The van der Waals surface area contributed by atoms with Crippen molar-refractivity contribution in [2.24, 2.45) is 0 Å². The van der Waals surface area contributed by atoms with Crippen LogP contribution in [0.3, 0.4) is 0 Å². The Hall–Kier alpha value is -3.38. The van der Waals surface area contributed by atoms with Crippen LogP contribution in [0, 0.1) is 0 Å². The van der Waals surface area contributed by atoms with Crippen LogP contribution in [0.5, 0.6) is 0 Å². The van der Waals surface area contributed by atoms with Crippen molar-refractivity contribution >= 4 is 17.7 Å². The van der Waals surface area contributed by atoms with Gasteiger partial charge in [-0.25, -0.2) is 0 Å². The van der Waals surface area contributed by atoms with Gasteiger partial charge in [0.2, 0.25) is 0 Å². The number of hydrogen-bond donors (Lipinski definition) is 2. The molecule has 2 N–H and O–H groups in total. The van der Waals surface area contributed by atoms with E-state index >= 15 is 0 Å². The van der Waals surface area contributed by atoms with E-state index in [0.717, 1.165) is 22.3 Å². The Kier molecular flexibility index (Phi) is 7.52. The van der Waals surface area contributed by atoms with E-state index in [9.17, 15) is 4.79 Å². The van der Waals surface area contributed by atoms with Crippen LogP contribution in [0.15, 0.2) is 121 Å². The normalized spacial score (nSPS) is 18.5. The van der Waals surface area contributed by atoms with Crippen LogP contribution in [0.2, 0.25) is 0 Å². The molecule has 36 heavy (non-hydrogen) atoms. The first-order chi connectivity index (χ1) is 17.7. The zero-order valence-corrected chi connectivity index (χ0v) is 21.0. The fourth-order valence-corrected chi connectivity index (χ4v) is 6.32. The van der Waals surface area contributed by atoms with Gasteiger partial charge in [-0.05, 0) is 22.3 Å². The fourth-order valence-electron chi connectivity index (χ4n) is 5.01. The Bertz CT molecular complexity index is 1160. The van der Waals surface area contributed by atoms with Crippen molar-refractivity contribution in [1.29, 1.82) is 0 Å². The Labute approximate surface area is 217 Å². The van der Waals surface area contributed by atoms with Gasteiger partial charge in [-0.15, -0.1) is 11.8 Å². The number of methoxy groups -OCH3 is 1. The van der Waals surface area contributed by atoms with Gasteiger partial charge >= 0.3 is 5.97 Å². The van der Waals surface area contributed by atoms with Crippen LogP contribution in [-0.4, -0.2) is 30.2 Å². The van der Waals surface area contributed by atoms with Crippen LogP contribution < -0.4 is 10.6 Å². The molecule has 1 heterocycles. The molecule has 4 nitrogen and oxygen atoms in total. The number of thioether (sulfide) groups is 1. The molecule has 1 fully saturated rings. The predicted molar refractivity (Wildman–Crippen MR) is 147 cm³/mol. The molecule has 0 aliphatic carbocycles. The molecule has 0 unspecified atom stereocenters. The van der Waals surface area contributed by atoms with Crippen molar-refractivity contribution in [2.45, 2.75) is 23.0 Å². The topological polar surface area (TPSA) is 50.4 Å². The third-order valence-electron chi connectivity index (χ3n) is 6.75. The molecular formula is C31H30N2O2S. The van der Waals surface area contributed by atoms with Gasteiger partial charge in [0.15, 0.2) is 0 Å². The van der Waals surface area contributed by atoms with Crippen LogP contribution >= 0.6 is 11.8 Å². The Morgan fingerprint density at radius 1 is 0.806 bits per heavy atom. The largest absolute Gasteiger partial charge is 0.468 e. The van der Waals surface area contributed by atoms with Gasteiger partial charge in [0.1, 0.15) is 6.04 Å². The SMILES string of the molecule is COC(=O)[C@@H]1CS[C@H]([C@H](NC(c2ccccc2)(c2ccccc2)c2ccccc2)c2ccccc2)N1. The van der Waals surface area contributed by atoms with Crippen molar-refractivity contribution in [3.05, 3.63) is 144 Å². The van der Waals surface area contributed by atoms with Gasteiger partial charge in [0.05, 0.1) is 24.1 Å². The van der Waals surface area contributed by atoms with Crippen molar-refractivity contribution in [1.82, 2.24) is 10.6 Å². The highest BCUT2D eigenvalue weighted by Crippen LogP contribution is 2.41. The minimum Gasteiger partial charge on any atom is -0.468 e. The summed E-state index contributed by atoms with van der Waals surface area (Å²) in [6.07, 6.45) is 0. The molecule has 1 saturated heterocycles. The highest BCUT2D eigenvalue weighted by atomic mass is 32.2. The molecule has 1 aliphatic heterocycles. The molecule has 0 bridgehead atoms. The number of carbonyl (C=O) groups excluding carboxylic acids is 1. The van der Waals surface area contributed by atoms with Gasteiger partial charge in [-0.1, -0.05) is 121 Å². The second-order valence-electron chi connectivity index (χ2n) is 8.88. The maximum Gasteiger partial charge on any atom is 0.323 e. The quantitative estimate of drug-likeness (QED) is 0.250. The fraction of sp³-hybridized carbons (Fsp3) is 0.194. The third-order valence-corrected chi connectivity index (χ3v) is 8.04. The first-order valence-electron chi connectivity index (χ1n) is 12.2. The van der Waals surface area contributed by atoms with E-state index in [-0.39, 0.29) is 23.4 Å². The summed E-state index contributed by atoms with van der Waals surface area (Å²) in [5, 5.41) is 7.62. The first-order valence-corrected chi connectivity index (χ1v) is 13.2. The molecule has 0 amide bonds. The van der Waals surface area contributed by atoms with Gasteiger partial charge in [-0.2, -0.15) is 0 Å². The lowest BCUT2D eigenvalue weighted by Crippen LogP contribution is -2.51. The molecule has 0 spiro atoms. The van der Waals surface area contributed by atoms with Crippen molar-refractivity contribution in [3.8, 4) is 0 Å². The van der Waals surface area contributed by atoms with Crippen LogP contribution in [-0.2, 0) is 15.1 Å². The van der Waals surface area contributed by atoms with E-state index in [1.807, 2.05) is 24.3 Å². The number of rotatable bonds is 8. The van der Waals surface area contributed by atoms with Gasteiger partial charge < -0.3 is 4.74 Å². The van der Waals surface area contributed by atoms with Gasteiger partial charge in [0.25, 0.3) is 0 Å². The standard InChI is InChI=1S/C31H30N2O2S/c1-35-30(34)27-22-36-29(32-27)28(23-14-6-2-7-15-23)33-31(24-16-8-3-9-17-24,25-18-10-4-11-19-25)26-20-12-5-13-21-26/h2-21,27-29,32-33H,22H2,1H3/t27-,28+,29+/m0/s1. The third kappa shape index (κ3) is 4.82. The summed E-state index contributed by atoms with van der Waals surface area (Å²) >= 11 is 1.75. The lowest BCUT2D eigenvalue weighted by atomic mass is 9.76. The Morgan fingerprint density at radius 2 is 1.25 bits per heavy atom. The van der Waals surface area contributed by atoms with Crippen molar-refractivity contribution in [3.63, 3.8) is 0 Å². The molecule has 4 aromatic carbocycles. The smallest absolute Gasteiger partial charge is 0.323 e. The molecule has 4 aromatic rings. The minimum absolute atomic E-state index is 0.0352. The van der Waals surface area contributed by atoms with Crippen molar-refractivity contribution in [2.75, 3.05) is 12.9 Å². The molecule has 1 aliphatic rings. The molecule has 0 aromatic heterocycles. The monoisotopic (exact) mass is 494 g/mol. The van der Waals surface area contributed by atoms with E-state index in [4.69, 9.17) is 4.74 Å². The highest BCUT2D eigenvalue weighted by molar-refractivity contribution is 8.00. The summed E-state index contributed by atoms with van der Waals surface area (Å²) in [5.74, 6) is 0.439. The lowest BCUT2D eigenvalue weighted by Gasteiger charge is -2.42. The summed E-state index contributed by atoms with van der Waals surface area (Å²) in [5.41, 5.74) is 3.97. The molecule has 0 radical (unpaired) electrons. The maximum atomic E-state index is 12.3. The average Bonchev–Trinajstić information content (AvgIpc) is 3.45.